The predicted molar refractivity (Wildman–Crippen MR) is 80.7 cm³/mol. The van der Waals surface area contributed by atoms with Crippen LogP contribution in [0.3, 0.4) is 0 Å². The van der Waals surface area contributed by atoms with Crippen molar-refractivity contribution >= 4 is 0 Å². The summed E-state index contributed by atoms with van der Waals surface area (Å²) in [6, 6.07) is 6.05. The first-order chi connectivity index (χ1) is 10.3. The first kappa shape index (κ1) is 13.1. The number of aromatic amines is 1. The van der Waals surface area contributed by atoms with E-state index < -0.39 is 0 Å². The Labute approximate surface area is 124 Å². The standard InChI is InChI=1S/C16H22N4O/c1-5-16(6-8-17-11-16)12-20(9-1)10-13-2-3-15(21-13)14-4-7-18-19-14/h2-4,7,17H,1,5-6,8-12H2,(H,18,19). The number of hydrogen-bond acceptors (Lipinski definition) is 4. The molecule has 2 aromatic heterocycles. The molecule has 5 heteroatoms. The molecule has 2 N–H and O–H groups in total. The number of rotatable bonds is 3. The Hall–Kier alpha value is -1.59. The lowest BCUT2D eigenvalue weighted by Crippen LogP contribution is -2.43. The lowest BCUT2D eigenvalue weighted by Gasteiger charge is -2.39. The van der Waals surface area contributed by atoms with Crippen LogP contribution < -0.4 is 5.32 Å². The summed E-state index contributed by atoms with van der Waals surface area (Å²) in [4.78, 5) is 2.55. The van der Waals surface area contributed by atoms with Crippen LogP contribution >= 0.6 is 0 Å². The molecule has 21 heavy (non-hydrogen) atoms. The third-order valence-electron chi connectivity index (χ3n) is 4.88. The van der Waals surface area contributed by atoms with Gasteiger partial charge in [0.1, 0.15) is 11.5 Å². The van der Waals surface area contributed by atoms with E-state index in [0.717, 1.165) is 23.8 Å². The Bertz CT molecular complexity index is 583. The van der Waals surface area contributed by atoms with Gasteiger partial charge >= 0.3 is 0 Å². The quantitative estimate of drug-likeness (QED) is 0.908. The lowest BCUT2D eigenvalue weighted by atomic mass is 9.79. The number of H-pyrrole nitrogens is 1. The Kier molecular flexibility index (Phi) is 3.31. The molecular formula is C16H22N4O. The highest BCUT2D eigenvalue weighted by Crippen LogP contribution is 2.36. The van der Waals surface area contributed by atoms with E-state index in [-0.39, 0.29) is 0 Å². The van der Waals surface area contributed by atoms with Crippen molar-refractivity contribution < 1.29 is 4.42 Å². The summed E-state index contributed by atoms with van der Waals surface area (Å²) >= 11 is 0. The SMILES string of the molecule is c1cc(-c2ccc(CN3CCCC4(CCNC4)C3)o2)[nH]n1. The highest BCUT2D eigenvalue weighted by molar-refractivity contribution is 5.51. The number of aromatic nitrogens is 2. The summed E-state index contributed by atoms with van der Waals surface area (Å²) in [6.45, 7) is 5.65. The number of nitrogens with zero attached hydrogens (tertiary/aromatic N) is 2. The van der Waals surface area contributed by atoms with E-state index in [1.54, 1.807) is 6.20 Å². The van der Waals surface area contributed by atoms with Crippen LogP contribution in [0.4, 0.5) is 0 Å². The number of nitrogens with one attached hydrogen (secondary N) is 2. The van der Waals surface area contributed by atoms with E-state index in [4.69, 9.17) is 4.42 Å². The molecule has 2 aliphatic heterocycles. The fourth-order valence-corrected chi connectivity index (χ4v) is 3.81. The molecule has 2 aliphatic rings. The second-order valence-corrected chi connectivity index (χ2v) is 6.48. The van der Waals surface area contributed by atoms with Gasteiger partial charge in [-0.2, -0.15) is 5.10 Å². The molecule has 112 valence electrons. The summed E-state index contributed by atoms with van der Waals surface area (Å²) in [5, 5.41) is 10.4. The second kappa shape index (κ2) is 5.31. The van der Waals surface area contributed by atoms with Gasteiger partial charge in [-0.05, 0) is 56.0 Å². The first-order valence-corrected chi connectivity index (χ1v) is 7.85. The lowest BCUT2D eigenvalue weighted by molar-refractivity contribution is 0.0922. The van der Waals surface area contributed by atoms with Crippen LogP contribution in [0.25, 0.3) is 11.5 Å². The van der Waals surface area contributed by atoms with Gasteiger partial charge < -0.3 is 9.73 Å². The molecule has 0 aromatic carbocycles. The Morgan fingerprint density at radius 3 is 3.10 bits per heavy atom. The van der Waals surface area contributed by atoms with E-state index in [1.165, 1.54) is 45.4 Å². The van der Waals surface area contributed by atoms with E-state index in [9.17, 15) is 0 Å². The largest absolute Gasteiger partial charge is 0.458 e. The average molecular weight is 286 g/mol. The monoisotopic (exact) mass is 286 g/mol. The summed E-state index contributed by atoms with van der Waals surface area (Å²) in [7, 11) is 0. The van der Waals surface area contributed by atoms with Crippen molar-refractivity contribution in [2.24, 2.45) is 5.41 Å². The predicted octanol–water partition coefficient (Wildman–Crippen LogP) is 2.25. The van der Waals surface area contributed by atoms with Crippen LogP contribution in [0, 0.1) is 5.41 Å². The topological polar surface area (TPSA) is 57.1 Å². The fourth-order valence-electron chi connectivity index (χ4n) is 3.81. The van der Waals surface area contributed by atoms with Gasteiger partial charge in [0.05, 0.1) is 6.54 Å². The van der Waals surface area contributed by atoms with Crippen molar-refractivity contribution in [1.29, 1.82) is 0 Å². The molecule has 4 heterocycles. The molecule has 1 atom stereocenters. The number of likely N-dealkylation sites (tertiary alicyclic amines) is 1. The van der Waals surface area contributed by atoms with Gasteiger partial charge in [-0.15, -0.1) is 0 Å². The maximum atomic E-state index is 5.95. The van der Waals surface area contributed by atoms with Crippen molar-refractivity contribution in [3.8, 4) is 11.5 Å². The minimum atomic E-state index is 0.511. The van der Waals surface area contributed by atoms with Gasteiger partial charge in [0, 0.05) is 19.3 Å². The van der Waals surface area contributed by atoms with Gasteiger partial charge in [0.15, 0.2) is 5.76 Å². The molecular weight excluding hydrogens is 264 g/mol. The molecule has 5 nitrogen and oxygen atoms in total. The van der Waals surface area contributed by atoms with Crippen molar-refractivity contribution in [2.45, 2.75) is 25.8 Å². The van der Waals surface area contributed by atoms with Crippen molar-refractivity contribution in [2.75, 3.05) is 26.2 Å². The molecule has 1 spiro atoms. The normalized spacial score (nSPS) is 26.7. The summed E-state index contributed by atoms with van der Waals surface area (Å²) in [6.07, 6.45) is 5.74. The van der Waals surface area contributed by atoms with Gasteiger partial charge in [-0.1, -0.05) is 0 Å². The molecule has 0 radical (unpaired) electrons. The third kappa shape index (κ3) is 2.63. The molecule has 2 aromatic rings. The van der Waals surface area contributed by atoms with Crippen LogP contribution in [0.1, 0.15) is 25.0 Å². The van der Waals surface area contributed by atoms with Crippen molar-refractivity contribution in [3.05, 3.63) is 30.2 Å². The van der Waals surface area contributed by atoms with E-state index in [1.807, 2.05) is 12.1 Å². The van der Waals surface area contributed by atoms with Crippen molar-refractivity contribution in [1.82, 2.24) is 20.4 Å². The fraction of sp³-hybridized carbons (Fsp3) is 0.562. The number of piperidine rings is 1. The smallest absolute Gasteiger partial charge is 0.152 e. The Morgan fingerprint density at radius 2 is 2.29 bits per heavy atom. The zero-order chi connectivity index (χ0) is 14.1. The van der Waals surface area contributed by atoms with Crippen LogP contribution in [0.15, 0.2) is 28.8 Å². The second-order valence-electron chi connectivity index (χ2n) is 6.48. The van der Waals surface area contributed by atoms with Gasteiger partial charge in [-0.25, -0.2) is 0 Å². The zero-order valence-corrected chi connectivity index (χ0v) is 12.3. The molecule has 0 saturated carbocycles. The minimum Gasteiger partial charge on any atom is -0.458 e. The maximum Gasteiger partial charge on any atom is 0.152 e. The van der Waals surface area contributed by atoms with Crippen molar-refractivity contribution in [3.63, 3.8) is 0 Å². The maximum absolute atomic E-state index is 5.95. The first-order valence-electron chi connectivity index (χ1n) is 7.85. The summed E-state index contributed by atoms with van der Waals surface area (Å²) in [5.41, 5.74) is 1.45. The van der Waals surface area contributed by atoms with Crippen LogP contribution in [-0.4, -0.2) is 41.3 Å². The molecule has 0 amide bonds. The van der Waals surface area contributed by atoms with Crippen LogP contribution in [0.2, 0.25) is 0 Å². The average Bonchev–Trinajstić information content (AvgIpc) is 3.20. The van der Waals surface area contributed by atoms with E-state index >= 15 is 0 Å². The highest BCUT2D eigenvalue weighted by Gasteiger charge is 2.37. The highest BCUT2D eigenvalue weighted by atomic mass is 16.3. The molecule has 2 saturated heterocycles. The Morgan fingerprint density at radius 1 is 1.29 bits per heavy atom. The molecule has 2 fully saturated rings. The summed E-state index contributed by atoms with van der Waals surface area (Å²) in [5.74, 6) is 1.92. The van der Waals surface area contributed by atoms with Gasteiger partial charge in [0.2, 0.25) is 0 Å². The third-order valence-corrected chi connectivity index (χ3v) is 4.88. The number of furan rings is 1. The van der Waals surface area contributed by atoms with Gasteiger partial charge in [0.25, 0.3) is 0 Å². The van der Waals surface area contributed by atoms with Gasteiger partial charge in [-0.3, -0.25) is 10.00 Å². The number of hydrogen-bond donors (Lipinski definition) is 2. The minimum absolute atomic E-state index is 0.511. The van der Waals surface area contributed by atoms with E-state index in [0.29, 0.717) is 5.41 Å². The van der Waals surface area contributed by atoms with E-state index in [2.05, 4.69) is 26.5 Å². The molecule has 0 aliphatic carbocycles. The summed E-state index contributed by atoms with van der Waals surface area (Å²) < 4.78 is 5.95. The molecule has 1 unspecified atom stereocenters. The molecule has 4 rings (SSSR count). The van der Waals surface area contributed by atoms with Crippen LogP contribution in [0.5, 0.6) is 0 Å². The zero-order valence-electron chi connectivity index (χ0n) is 12.3. The Balaban J connectivity index is 1.44. The van der Waals surface area contributed by atoms with Crippen LogP contribution in [-0.2, 0) is 6.54 Å². The molecule has 0 bridgehead atoms.